The summed E-state index contributed by atoms with van der Waals surface area (Å²) in [4.78, 5) is 20.9. The summed E-state index contributed by atoms with van der Waals surface area (Å²) in [5.41, 5.74) is 0.179. The lowest BCUT2D eigenvalue weighted by molar-refractivity contribution is -0.140. The van der Waals surface area contributed by atoms with E-state index in [2.05, 4.69) is 19.9 Å². The number of piperidine rings is 1. The van der Waals surface area contributed by atoms with E-state index in [-0.39, 0.29) is 11.7 Å². The SMILES string of the molecule is Cc1ccnc(N(C)C2CCCN(c3nccn4cc(C(F)(F)F)nc34)C2)n1. The molecule has 148 valence electrons. The number of hydrogen-bond acceptors (Lipinski definition) is 6. The van der Waals surface area contributed by atoms with Crippen LogP contribution in [0, 0.1) is 6.92 Å². The summed E-state index contributed by atoms with van der Waals surface area (Å²) in [5.74, 6) is 1.10. The Morgan fingerprint density at radius 3 is 2.75 bits per heavy atom. The molecule has 0 aliphatic carbocycles. The highest BCUT2D eigenvalue weighted by Crippen LogP contribution is 2.31. The highest BCUT2D eigenvalue weighted by atomic mass is 19.4. The second kappa shape index (κ2) is 6.92. The van der Waals surface area contributed by atoms with Gasteiger partial charge in [0.2, 0.25) is 5.95 Å². The highest BCUT2D eigenvalue weighted by molar-refractivity contribution is 5.65. The van der Waals surface area contributed by atoms with Crippen molar-refractivity contribution in [2.75, 3.05) is 29.9 Å². The second-order valence-electron chi connectivity index (χ2n) is 6.96. The molecule has 1 atom stereocenters. The lowest BCUT2D eigenvalue weighted by Gasteiger charge is -2.38. The summed E-state index contributed by atoms with van der Waals surface area (Å²) in [6.07, 6.45) is 3.04. The van der Waals surface area contributed by atoms with Gasteiger partial charge in [-0.25, -0.2) is 19.9 Å². The van der Waals surface area contributed by atoms with Crippen LogP contribution in [0.25, 0.3) is 5.65 Å². The topological polar surface area (TPSA) is 62.5 Å². The number of imidazole rings is 1. The quantitative estimate of drug-likeness (QED) is 0.684. The molecule has 1 fully saturated rings. The molecule has 1 aliphatic heterocycles. The largest absolute Gasteiger partial charge is 0.434 e. The van der Waals surface area contributed by atoms with Crippen molar-refractivity contribution in [1.29, 1.82) is 0 Å². The Balaban J connectivity index is 1.62. The van der Waals surface area contributed by atoms with E-state index in [9.17, 15) is 13.2 Å². The minimum absolute atomic E-state index is 0.120. The Morgan fingerprint density at radius 1 is 1.18 bits per heavy atom. The zero-order valence-corrected chi connectivity index (χ0v) is 15.6. The lowest BCUT2D eigenvalue weighted by atomic mass is 10.0. The van der Waals surface area contributed by atoms with Crippen LogP contribution in [-0.4, -0.2) is 50.5 Å². The zero-order valence-electron chi connectivity index (χ0n) is 15.6. The smallest absolute Gasteiger partial charge is 0.351 e. The number of rotatable bonds is 3. The third-order valence-corrected chi connectivity index (χ3v) is 4.99. The molecule has 0 amide bonds. The first-order chi connectivity index (χ1) is 13.3. The summed E-state index contributed by atoms with van der Waals surface area (Å²) >= 11 is 0. The Labute approximate surface area is 159 Å². The summed E-state index contributed by atoms with van der Waals surface area (Å²) < 4.78 is 40.6. The van der Waals surface area contributed by atoms with Crippen LogP contribution in [-0.2, 0) is 6.18 Å². The first kappa shape index (κ1) is 18.5. The van der Waals surface area contributed by atoms with Gasteiger partial charge in [-0.05, 0) is 25.8 Å². The highest BCUT2D eigenvalue weighted by Gasteiger charge is 2.35. The van der Waals surface area contributed by atoms with Crippen molar-refractivity contribution in [2.24, 2.45) is 0 Å². The van der Waals surface area contributed by atoms with E-state index >= 15 is 0 Å². The van der Waals surface area contributed by atoms with Gasteiger partial charge in [-0.3, -0.25) is 0 Å². The number of hydrogen-bond donors (Lipinski definition) is 0. The Hall–Kier alpha value is -2.91. The molecule has 4 heterocycles. The van der Waals surface area contributed by atoms with Gasteiger partial charge in [-0.1, -0.05) is 0 Å². The number of alkyl halides is 3. The number of nitrogens with zero attached hydrogens (tertiary/aromatic N) is 7. The van der Waals surface area contributed by atoms with Gasteiger partial charge in [0.15, 0.2) is 17.2 Å². The van der Waals surface area contributed by atoms with Gasteiger partial charge in [0.25, 0.3) is 0 Å². The van der Waals surface area contributed by atoms with Crippen molar-refractivity contribution in [1.82, 2.24) is 24.3 Å². The molecule has 28 heavy (non-hydrogen) atoms. The summed E-state index contributed by atoms with van der Waals surface area (Å²) in [7, 11) is 1.94. The number of halogens is 3. The van der Waals surface area contributed by atoms with Crippen molar-refractivity contribution < 1.29 is 13.2 Å². The fraction of sp³-hybridized carbons (Fsp3) is 0.444. The molecule has 1 unspecified atom stereocenters. The molecule has 0 aromatic carbocycles. The zero-order chi connectivity index (χ0) is 19.9. The van der Waals surface area contributed by atoms with Gasteiger partial charge in [0.05, 0.1) is 0 Å². The first-order valence-corrected chi connectivity index (χ1v) is 9.01. The third-order valence-electron chi connectivity index (χ3n) is 4.99. The molecule has 3 aromatic rings. The van der Waals surface area contributed by atoms with Gasteiger partial charge in [-0.2, -0.15) is 13.2 Å². The van der Waals surface area contributed by atoms with Crippen molar-refractivity contribution in [3.05, 3.63) is 42.2 Å². The van der Waals surface area contributed by atoms with Crippen molar-refractivity contribution in [2.45, 2.75) is 32.0 Å². The maximum atomic E-state index is 13.1. The number of aryl methyl sites for hydroxylation is 1. The van der Waals surface area contributed by atoms with Crippen LogP contribution in [0.5, 0.6) is 0 Å². The number of likely N-dealkylation sites (N-methyl/N-ethyl adjacent to an activating group) is 1. The standard InChI is InChI=1S/C18H20F3N7/c1-12-5-6-23-17(24-12)26(2)13-4-3-8-27(10-13)15-16-25-14(18(19,20)21)11-28(16)9-7-22-15/h5-7,9,11,13H,3-4,8,10H2,1-2H3. The summed E-state index contributed by atoms with van der Waals surface area (Å²) in [6.45, 7) is 3.22. The Kier molecular flexibility index (Phi) is 4.56. The normalized spacial score (nSPS) is 17.9. The predicted molar refractivity (Wildman–Crippen MR) is 98.4 cm³/mol. The van der Waals surface area contributed by atoms with Gasteiger partial charge < -0.3 is 14.2 Å². The maximum Gasteiger partial charge on any atom is 0.434 e. The van der Waals surface area contributed by atoms with Crippen LogP contribution in [0.4, 0.5) is 24.9 Å². The van der Waals surface area contributed by atoms with Crippen LogP contribution in [0.15, 0.2) is 30.9 Å². The van der Waals surface area contributed by atoms with Gasteiger partial charge in [-0.15, -0.1) is 0 Å². The molecule has 1 aliphatic rings. The molecule has 0 radical (unpaired) electrons. The second-order valence-corrected chi connectivity index (χ2v) is 6.96. The molecule has 0 spiro atoms. The summed E-state index contributed by atoms with van der Waals surface area (Å²) in [5, 5.41) is 0. The molecule has 0 N–H and O–H groups in total. The van der Waals surface area contributed by atoms with Gasteiger partial charge in [0, 0.05) is 56.7 Å². The first-order valence-electron chi connectivity index (χ1n) is 9.01. The average Bonchev–Trinajstić information content (AvgIpc) is 3.12. The number of anilines is 2. The van der Waals surface area contributed by atoms with Crippen molar-refractivity contribution in [3.63, 3.8) is 0 Å². The van der Waals surface area contributed by atoms with E-state index in [0.717, 1.165) is 24.7 Å². The fourth-order valence-corrected chi connectivity index (χ4v) is 3.50. The van der Waals surface area contributed by atoms with Crippen molar-refractivity contribution in [3.8, 4) is 0 Å². The van der Waals surface area contributed by atoms with E-state index in [4.69, 9.17) is 0 Å². The predicted octanol–water partition coefficient (Wildman–Crippen LogP) is 2.95. The van der Waals surface area contributed by atoms with Gasteiger partial charge in [0.1, 0.15) is 0 Å². The van der Waals surface area contributed by atoms with Gasteiger partial charge >= 0.3 is 6.18 Å². The number of aromatic nitrogens is 5. The van der Waals surface area contributed by atoms with E-state index in [0.29, 0.717) is 24.9 Å². The van der Waals surface area contributed by atoms with Crippen molar-refractivity contribution >= 4 is 17.4 Å². The molecule has 3 aromatic heterocycles. The Bertz CT molecular complexity index is 985. The third kappa shape index (κ3) is 3.46. The molecule has 0 saturated carbocycles. The van der Waals surface area contributed by atoms with Crippen LogP contribution < -0.4 is 9.80 Å². The molecular formula is C18H20F3N7. The van der Waals surface area contributed by atoms with Crippen LogP contribution in [0.2, 0.25) is 0 Å². The van der Waals surface area contributed by atoms with Crippen LogP contribution >= 0.6 is 0 Å². The van der Waals surface area contributed by atoms with Crippen LogP contribution in [0.1, 0.15) is 24.2 Å². The van der Waals surface area contributed by atoms with E-state index in [1.807, 2.05) is 29.8 Å². The average molecular weight is 391 g/mol. The molecule has 7 nitrogen and oxygen atoms in total. The van der Waals surface area contributed by atoms with E-state index < -0.39 is 11.9 Å². The molecule has 4 rings (SSSR count). The monoisotopic (exact) mass is 391 g/mol. The lowest BCUT2D eigenvalue weighted by Crippen LogP contribution is -2.47. The van der Waals surface area contributed by atoms with E-state index in [1.165, 1.54) is 16.8 Å². The maximum absolute atomic E-state index is 13.1. The summed E-state index contributed by atoms with van der Waals surface area (Å²) in [6, 6.07) is 1.96. The molecular weight excluding hydrogens is 371 g/mol. The minimum Gasteiger partial charge on any atom is -0.351 e. The fourth-order valence-electron chi connectivity index (χ4n) is 3.50. The Morgan fingerprint density at radius 2 is 2.00 bits per heavy atom. The number of fused-ring (bicyclic) bond motifs is 1. The molecule has 0 bridgehead atoms. The molecule has 10 heteroatoms. The molecule has 1 saturated heterocycles. The van der Waals surface area contributed by atoms with E-state index in [1.54, 1.807) is 6.20 Å². The minimum atomic E-state index is -4.49. The van der Waals surface area contributed by atoms with Crippen LogP contribution in [0.3, 0.4) is 0 Å².